The van der Waals surface area contributed by atoms with Crippen LogP contribution in [-0.2, 0) is 6.42 Å². The number of hydrogen-bond donors (Lipinski definition) is 1. The van der Waals surface area contributed by atoms with Crippen LogP contribution < -0.4 is 14.8 Å². The lowest BCUT2D eigenvalue weighted by Gasteiger charge is -2.20. The van der Waals surface area contributed by atoms with Crippen molar-refractivity contribution in [2.24, 2.45) is 0 Å². The van der Waals surface area contributed by atoms with E-state index in [0.717, 1.165) is 61.6 Å². The van der Waals surface area contributed by atoms with Gasteiger partial charge in [0.15, 0.2) is 11.5 Å². The van der Waals surface area contributed by atoms with Gasteiger partial charge in [0.1, 0.15) is 5.69 Å². The molecule has 1 aliphatic rings. The summed E-state index contributed by atoms with van der Waals surface area (Å²) in [6.07, 6.45) is 7.09. The Kier molecular flexibility index (Phi) is 7.12. The maximum absolute atomic E-state index is 12.7. The largest absolute Gasteiger partial charge is 0.493 e. The van der Waals surface area contributed by atoms with E-state index in [4.69, 9.17) is 9.47 Å². The number of carbonyl (C=O) groups excluding carboxylic acids is 1. The van der Waals surface area contributed by atoms with E-state index >= 15 is 0 Å². The number of nitrogens with zero attached hydrogens (tertiary/aromatic N) is 2. The third kappa shape index (κ3) is 5.15. The van der Waals surface area contributed by atoms with Crippen LogP contribution in [0.3, 0.4) is 0 Å². The first-order chi connectivity index (χ1) is 13.7. The van der Waals surface area contributed by atoms with Crippen LogP contribution in [-0.4, -0.2) is 49.6 Å². The smallest absolute Gasteiger partial charge is 0.272 e. The van der Waals surface area contributed by atoms with Gasteiger partial charge in [0.05, 0.1) is 14.2 Å². The number of aromatic nitrogens is 1. The van der Waals surface area contributed by atoms with Crippen molar-refractivity contribution < 1.29 is 14.3 Å². The molecule has 0 aliphatic carbocycles. The standard InChI is InChI=1S/C22H29N3O3/c1-27-20-8-7-17(15-21(20)28-2)9-11-23-18-10-12-24-19(16-18)22(26)25-13-5-3-4-6-14-25/h7-8,10,12,15-16H,3-6,9,11,13-14H2,1-2H3,(H,23,24). The number of anilines is 1. The summed E-state index contributed by atoms with van der Waals surface area (Å²) in [5.74, 6) is 1.49. The molecule has 1 aliphatic heterocycles. The van der Waals surface area contributed by atoms with Crippen LogP contribution >= 0.6 is 0 Å². The Morgan fingerprint density at radius 2 is 1.79 bits per heavy atom. The van der Waals surface area contributed by atoms with E-state index in [-0.39, 0.29) is 5.91 Å². The molecular weight excluding hydrogens is 354 g/mol. The highest BCUT2D eigenvalue weighted by Gasteiger charge is 2.18. The Morgan fingerprint density at radius 3 is 2.50 bits per heavy atom. The van der Waals surface area contributed by atoms with Crippen LogP contribution in [0.5, 0.6) is 11.5 Å². The minimum absolute atomic E-state index is 0.0328. The van der Waals surface area contributed by atoms with E-state index in [1.165, 1.54) is 12.8 Å². The highest BCUT2D eigenvalue weighted by Crippen LogP contribution is 2.27. The summed E-state index contributed by atoms with van der Waals surface area (Å²) in [7, 11) is 3.27. The minimum Gasteiger partial charge on any atom is -0.493 e. The Bertz CT molecular complexity index is 786. The number of carbonyl (C=O) groups is 1. The maximum atomic E-state index is 12.7. The number of nitrogens with one attached hydrogen (secondary N) is 1. The fourth-order valence-electron chi connectivity index (χ4n) is 3.48. The molecule has 6 heteroatoms. The first kappa shape index (κ1) is 20.0. The molecule has 150 valence electrons. The molecule has 0 atom stereocenters. The molecule has 1 amide bonds. The first-order valence-corrected chi connectivity index (χ1v) is 9.91. The molecule has 0 bridgehead atoms. The predicted molar refractivity (Wildman–Crippen MR) is 110 cm³/mol. The van der Waals surface area contributed by atoms with Crippen LogP contribution in [0.25, 0.3) is 0 Å². The summed E-state index contributed by atoms with van der Waals surface area (Å²) in [4.78, 5) is 19.0. The van der Waals surface area contributed by atoms with Gasteiger partial charge in [-0.3, -0.25) is 9.78 Å². The lowest BCUT2D eigenvalue weighted by Crippen LogP contribution is -2.32. The summed E-state index contributed by atoms with van der Waals surface area (Å²) in [5.41, 5.74) is 2.58. The fraction of sp³-hybridized carbons (Fsp3) is 0.455. The van der Waals surface area contributed by atoms with E-state index in [9.17, 15) is 4.79 Å². The van der Waals surface area contributed by atoms with Crippen LogP contribution in [0.2, 0.25) is 0 Å². The Labute approximate surface area is 166 Å². The molecule has 3 rings (SSSR count). The Balaban J connectivity index is 1.58. The Morgan fingerprint density at radius 1 is 1.04 bits per heavy atom. The second-order valence-electron chi connectivity index (χ2n) is 7.00. The summed E-state index contributed by atoms with van der Waals surface area (Å²) in [6.45, 7) is 2.41. The second kappa shape index (κ2) is 9.97. The monoisotopic (exact) mass is 383 g/mol. The molecule has 2 heterocycles. The van der Waals surface area contributed by atoms with Crippen LogP contribution in [0, 0.1) is 0 Å². The highest BCUT2D eigenvalue weighted by atomic mass is 16.5. The molecule has 1 aromatic carbocycles. The minimum atomic E-state index is 0.0328. The van der Waals surface area contributed by atoms with Crippen LogP contribution in [0.15, 0.2) is 36.5 Å². The van der Waals surface area contributed by atoms with Gasteiger partial charge >= 0.3 is 0 Å². The topological polar surface area (TPSA) is 63.7 Å². The van der Waals surface area contributed by atoms with E-state index < -0.39 is 0 Å². The predicted octanol–water partition coefficient (Wildman–Crippen LogP) is 3.77. The SMILES string of the molecule is COc1ccc(CCNc2ccnc(C(=O)N3CCCCCC3)c2)cc1OC. The van der Waals surface area contributed by atoms with Gasteiger partial charge in [0.2, 0.25) is 0 Å². The van der Waals surface area contributed by atoms with Gasteiger partial charge in [-0.1, -0.05) is 18.9 Å². The number of pyridine rings is 1. The number of methoxy groups -OCH3 is 2. The number of benzene rings is 1. The number of ether oxygens (including phenoxy) is 2. The number of likely N-dealkylation sites (tertiary alicyclic amines) is 1. The number of rotatable bonds is 7. The number of amides is 1. The molecule has 1 saturated heterocycles. The zero-order chi connectivity index (χ0) is 19.8. The van der Waals surface area contributed by atoms with E-state index in [2.05, 4.69) is 10.3 Å². The van der Waals surface area contributed by atoms with Crippen LogP contribution in [0.4, 0.5) is 5.69 Å². The molecule has 28 heavy (non-hydrogen) atoms. The quantitative estimate of drug-likeness (QED) is 0.788. The maximum Gasteiger partial charge on any atom is 0.272 e. The Hall–Kier alpha value is -2.76. The molecule has 6 nitrogen and oxygen atoms in total. The van der Waals surface area contributed by atoms with Crippen LogP contribution in [0.1, 0.15) is 41.7 Å². The summed E-state index contributed by atoms with van der Waals surface area (Å²) < 4.78 is 10.6. The normalized spacial score (nSPS) is 14.3. The summed E-state index contributed by atoms with van der Waals surface area (Å²) in [5, 5.41) is 3.39. The van der Waals surface area contributed by atoms with Crippen molar-refractivity contribution in [3.8, 4) is 11.5 Å². The molecule has 0 saturated carbocycles. The molecule has 0 radical (unpaired) electrons. The van der Waals surface area contributed by atoms with Gasteiger partial charge in [0.25, 0.3) is 5.91 Å². The lowest BCUT2D eigenvalue weighted by atomic mass is 10.1. The van der Waals surface area contributed by atoms with Gasteiger partial charge in [0, 0.05) is 31.5 Å². The molecule has 1 aromatic heterocycles. The first-order valence-electron chi connectivity index (χ1n) is 9.91. The average molecular weight is 383 g/mol. The number of hydrogen-bond acceptors (Lipinski definition) is 5. The van der Waals surface area contributed by atoms with Gasteiger partial charge in [-0.15, -0.1) is 0 Å². The van der Waals surface area contributed by atoms with Crippen molar-refractivity contribution in [1.82, 2.24) is 9.88 Å². The summed E-state index contributed by atoms with van der Waals surface area (Å²) in [6, 6.07) is 9.68. The van der Waals surface area contributed by atoms with E-state index in [1.807, 2.05) is 35.2 Å². The molecule has 2 aromatic rings. The van der Waals surface area contributed by atoms with E-state index in [0.29, 0.717) is 5.69 Å². The van der Waals surface area contributed by atoms with Gasteiger partial charge in [-0.2, -0.15) is 0 Å². The lowest BCUT2D eigenvalue weighted by molar-refractivity contribution is 0.0756. The van der Waals surface area contributed by atoms with Crippen molar-refractivity contribution >= 4 is 11.6 Å². The van der Waals surface area contributed by atoms with Crippen molar-refractivity contribution in [1.29, 1.82) is 0 Å². The third-order valence-electron chi connectivity index (χ3n) is 5.06. The second-order valence-corrected chi connectivity index (χ2v) is 7.00. The highest BCUT2D eigenvalue weighted by molar-refractivity contribution is 5.93. The van der Waals surface area contributed by atoms with Gasteiger partial charge in [-0.05, 0) is 49.1 Å². The van der Waals surface area contributed by atoms with Crippen molar-refractivity contribution in [3.05, 3.63) is 47.8 Å². The third-order valence-corrected chi connectivity index (χ3v) is 5.06. The van der Waals surface area contributed by atoms with Gasteiger partial charge < -0.3 is 19.7 Å². The zero-order valence-corrected chi connectivity index (χ0v) is 16.7. The average Bonchev–Trinajstić information content (AvgIpc) is 3.03. The van der Waals surface area contributed by atoms with Gasteiger partial charge in [-0.25, -0.2) is 0 Å². The molecule has 1 fully saturated rings. The zero-order valence-electron chi connectivity index (χ0n) is 16.7. The molecule has 0 spiro atoms. The van der Waals surface area contributed by atoms with Crippen molar-refractivity contribution in [2.75, 3.05) is 39.2 Å². The van der Waals surface area contributed by atoms with Crippen molar-refractivity contribution in [3.63, 3.8) is 0 Å². The van der Waals surface area contributed by atoms with Crippen molar-refractivity contribution in [2.45, 2.75) is 32.1 Å². The molecule has 0 unspecified atom stereocenters. The summed E-state index contributed by atoms with van der Waals surface area (Å²) >= 11 is 0. The molecule has 1 N–H and O–H groups in total. The molecular formula is C22H29N3O3. The van der Waals surface area contributed by atoms with E-state index in [1.54, 1.807) is 20.4 Å². The fourth-order valence-corrected chi connectivity index (χ4v) is 3.48.